The van der Waals surface area contributed by atoms with E-state index in [1.54, 1.807) is 0 Å². The summed E-state index contributed by atoms with van der Waals surface area (Å²) < 4.78 is 41.3. The smallest absolute Gasteiger partial charge is 0.393 e. The largest absolute Gasteiger partial charge is 0.416 e. The number of hydrogen-bond acceptors (Lipinski definition) is 4. The Morgan fingerprint density at radius 3 is 2.30 bits per heavy atom. The second-order valence-electron chi connectivity index (χ2n) is 3.76. The number of hydrogen-bond donors (Lipinski definition) is 0. The van der Waals surface area contributed by atoms with Gasteiger partial charge in [-0.2, -0.15) is 13.2 Å². The minimum absolute atomic E-state index is 0.250. The van der Waals surface area contributed by atoms with Gasteiger partial charge < -0.3 is 4.74 Å². The highest BCUT2D eigenvalue weighted by Gasteiger charge is 2.31. The van der Waals surface area contributed by atoms with Crippen molar-refractivity contribution in [2.75, 3.05) is 0 Å². The van der Waals surface area contributed by atoms with E-state index >= 15 is 0 Å². The zero-order valence-corrected chi connectivity index (χ0v) is 10.8. The van der Waals surface area contributed by atoms with Crippen molar-refractivity contribution < 1.29 is 32.3 Å². The van der Waals surface area contributed by atoms with Crippen molar-refractivity contribution in [1.82, 2.24) is 0 Å². The molecule has 0 saturated carbocycles. The first-order chi connectivity index (χ1) is 9.11. The van der Waals surface area contributed by atoms with Gasteiger partial charge >= 0.3 is 18.1 Å². The second-order valence-corrected chi connectivity index (χ2v) is 4.17. The van der Waals surface area contributed by atoms with Crippen LogP contribution in [-0.2, 0) is 20.5 Å². The topological polar surface area (TPSA) is 60.4 Å². The van der Waals surface area contributed by atoms with Crippen molar-refractivity contribution in [2.45, 2.75) is 19.5 Å². The molecule has 20 heavy (non-hydrogen) atoms. The zero-order chi connectivity index (χ0) is 15.5. The molecule has 0 amide bonds. The molecule has 0 N–H and O–H groups in total. The number of ether oxygens (including phenoxy) is 1. The number of rotatable bonds is 3. The first-order valence-electron chi connectivity index (χ1n) is 5.22. The van der Waals surface area contributed by atoms with Gasteiger partial charge in [-0.15, -0.1) is 0 Å². The van der Waals surface area contributed by atoms with E-state index in [2.05, 4.69) is 4.74 Å². The van der Waals surface area contributed by atoms with E-state index in [4.69, 9.17) is 11.6 Å². The Morgan fingerprint density at radius 1 is 1.25 bits per heavy atom. The number of alkyl halides is 3. The zero-order valence-electron chi connectivity index (χ0n) is 10.1. The summed E-state index contributed by atoms with van der Waals surface area (Å²) in [6.45, 7) is 0.980. The molecule has 8 heteroatoms. The molecule has 0 fully saturated rings. The van der Waals surface area contributed by atoms with E-state index in [0.29, 0.717) is 12.1 Å². The Labute approximate surface area is 116 Å². The molecule has 0 aliphatic carbocycles. The quantitative estimate of drug-likeness (QED) is 0.489. The molecule has 0 aromatic heterocycles. The van der Waals surface area contributed by atoms with Crippen LogP contribution in [0.5, 0.6) is 0 Å². The minimum Gasteiger partial charge on any atom is -0.393 e. The summed E-state index contributed by atoms with van der Waals surface area (Å²) in [5.41, 5.74) is -1.26. The number of ketones is 1. The Kier molecular flexibility index (Phi) is 4.88. The molecule has 0 atom stereocenters. The molecule has 0 unspecified atom stereocenters. The third kappa shape index (κ3) is 4.34. The Balaban J connectivity index is 2.90. The van der Waals surface area contributed by atoms with Crippen molar-refractivity contribution in [3.8, 4) is 0 Å². The first kappa shape index (κ1) is 16.2. The molecule has 4 nitrogen and oxygen atoms in total. The molecule has 0 aliphatic heterocycles. The van der Waals surface area contributed by atoms with Gasteiger partial charge in [0.2, 0.25) is 0 Å². The average molecular weight is 309 g/mol. The monoisotopic (exact) mass is 308 g/mol. The normalized spacial score (nSPS) is 11.1. The summed E-state index contributed by atoms with van der Waals surface area (Å²) in [5, 5.41) is -0.430. The van der Waals surface area contributed by atoms with E-state index in [0.717, 1.165) is 13.0 Å². The molecule has 1 aromatic rings. The molecule has 108 valence electrons. The van der Waals surface area contributed by atoms with E-state index in [1.807, 2.05) is 0 Å². The lowest BCUT2D eigenvalue weighted by Gasteiger charge is -2.09. The molecule has 0 heterocycles. The maximum absolute atomic E-state index is 12.4. The number of carbonyl (C=O) groups excluding carboxylic acids is 3. The Bertz CT molecular complexity index is 566. The number of halogens is 4. The summed E-state index contributed by atoms with van der Waals surface area (Å²) in [5.74, 6) is -2.82. The van der Waals surface area contributed by atoms with Crippen molar-refractivity contribution in [3.63, 3.8) is 0 Å². The predicted octanol–water partition coefficient (Wildman–Crippen LogP) is 3.02. The van der Waals surface area contributed by atoms with Crippen molar-refractivity contribution in [1.29, 1.82) is 0 Å². The lowest BCUT2D eigenvalue weighted by Crippen LogP contribution is -2.15. The van der Waals surface area contributed by atoms with Crippen LogP contribution in [0.3, 0.4) is 0 Å². The number of benzene rings is 1. The van der Waals surface area contributed by atoms with Crippen LogP contribution in [0.25, 0.3) is 0 Å². The summed E-state index contributed by atoms with van der Waals surface area (Å²) in [6.07, 6.45) is -5.37. The minimum atomic E-state index is -4.58. The predicted molar refractivity (Wildman–Crippen MR) is 62.2 cm³/mol. The van der Waals surface area contributed by atoms with Crippen LogP contribution in [0.2, 0.25) is 5.02 Å². The van der Waals surface area contributed by atoms with Crippen LogP contribution < -0.4 is 0 Å². The third-order valence-electron chi connectivity index (χ3n) is 2.16. The van der Waals surface area contributed by atoms with Crippen LogP contribution >= 0.6 is 11.6 Å². The average Bonchev–Trinajstić information content (AvgIpc) is 2.25. The summed E-state index contributed by atoms with van der Waals surface area (Å²) >= 11 is 5.58. The number of Topliss-reactive ketones (excluding diaryl/α,β-unsaturated/α-hetero) is 1. The summed E-state index contributed by atoms with van der Waals surface area (Å²) in [4.78, 5) is 33.2. The van der Waals surface area contributed by atoms with Crippen LogP contribution in [0.1, 0.15) is 29.3 Å². The molecular formula is C12H8ClF3O4. The van der Waals surface area contributed by atoms with Crippen LogP contribution in [0.4, 0.5) is 13.2 Å². The van der Waals surface area contributed by atoms with E-state index in [1.165, 1.54) is 0 Å². The van der Waals surface area contributed by atoms with Crippen molar-refractivity contribution >= 4 is 29.3 Å². The molecular weight excluding hydrogens is 301 g/mol. The van der Waals surface area contributed by atoms with Gasteiger partial charge in [-0.25, -0.2) is 0 Å². The fourth-order valence-electron chi connectivity index (χ4n) is 1.34. The van der Waals surface area contributed by atoms with Gasteiger partial charge in [0.25, 0.3) is 0 Å². The van der Waals surface area contributed by atoms with Crippen molar-refractivity contribution in [3.05, 3.63) is 34.3 Å². The van der Waals surface area contributed by atoms with Crippen LogP contribution in [0.15, 0.2) is 18.2 Å². The molecule has 0 bridgehead atoms. The highest BCUT2D eigenvalue weighted by atomic mass is 35.5. The Morgan fingerprint density at radius 2 is 1.85 bits per heavy atom. The van der Waals surface area contributed by atoms with Gasteiger partial charge in [0.15, 0.2) is 5.78 Å². The maximum atomic E-state index is 12.4. The van der Waals surface area contributed by atoms with Gasteiger partial charge in [0.05, 0.1) is 10.6 Å². The molecule has 0 saturated heterocycles. The third-order valence-corrected chi connectivity index (χ3v) is 2.47. The SMILES string of the molecule is CC(=O)OC(=O)CC(=O)c1ccc(C(F)(F)F)cc1Cl. The van der Waals surface area contributed by atoms with Gasteiger partial charge in [0.1, 0.15) is 6.42 Å². The highest BCUT2D eigenvalue weighted by molar-refractivity contribution is 6.34. The van der Waals surface area contributed by atoms with E-state index in [9.17, 15) is 27.6 Å². The number of carbonyl (C=O) groups is 3. The fourth-order valence-corrected chi connectivity index (χ4v) is 1.63. The maximum Gasteiger partial charge on any atom is 0.416 e. The summed E-state index contributed by atoms with van der Waals surface area (Å²) in [7, 11) is 0. The van der Waals surface area contributed by atoms with E-state index in [-0.39, 0.29) is 5.56 Å². The standard InChI is InChI=1S/C12H8ClF3O4/c1-6(17)20-11(19)5-10(18)8-3-2-7(4-9(8)13)12(14,15)16/h2-4H,5H2,1H3. The van der Waals surface area contributed by atoms with Crippen LogP contribution in [0, 0.1) is 0 Å². The van der Waals surface area contributed by atoms with Gasteiger partial charge in [0, 0.05) is 12.5 Å². The van der Waals surface area contributed by atoms with Gasteiger partial charge in [-0.05, 0) is 18.2 Å². The van der Waals surface area contributed by atoms with Gasteiger partial charge in [-0.1, -0.05) is 11.6 Å². The van der Waals surface area contributed by atoms with E-state index < -0.39 is 40.9 Å². The lowest BCUT2D eigenvalue weighted by molar-refractivity contribution is -0.157. The number of esters is 2. The summed E-state index contributed by atoms with van der Waals surface area (Å²) in [6, 6.07) is 2.13. The Hall–Kier alpha value is -1.89. The molecule has 0 aliphatic rings. The highest BCUT2D eigenvalue weighted by Crippen LogP contribution is 2.32. The lowest BCUT2D eigenvalue weighted by atomic mass is 10.1. The molecule has 0 spiro atoms. The molecule has 0 radical (unpaired) electrons. The van der Waals surface area contributed by atoms with Gasteiger partial charge in [-0.3, -0.25) is 14.4 Å². The second kappa shape index (κ2) is 6.04. The van der Waals surface area contributed by atoms with Crippen molar-refractivity contribution in [2.24, 2.45) is 0 Å². The van der Waals surface area contributed by atoms with Crippen LogP contribution in [-0.4, -0.2) is 17.7 Å². The molecule has 1 aromatic carbocycles. The first-order valence-corrected chi connectivity index (χ1v) is 5.60. The molecule has 1 rings (SSSR count). The fraction of sp³-hybridized carbons (Fsp3) is 0.250.